The van der Waals surface area contributed by atoms with Crippen molar-refractivity contribution in [2.24, 2.45) is 0 Å². The zero-order valence-electron chi connectivity index (χ0n) is 23.1. The molecule has 1 unspecified atom stereocenters. The molecule has 0 aliphatic rings. The van der Waals surface area contributed by atoms with Crippen LogP contribution in [0.1, 0.15) is 37.0 Å². The fraction of sp³-hybridized carbons (Fsp3) is 0.367. The molecule has 0 aromatic heterocycles. The largest absolute Gasteiger partial charge is 0.481 e. The van der Waals surface area contributed by atoms with Gasteiger partial charge < -0.3 is 15.5 Å². The fourth-order valence-electron chi connectivity index (χ4n) is 4.46. The van der Waals surface area contributed by atoms with Crippen LogP contribution in [-0.2, 0) is 33.8 Å². The third-order valence-corrected chi connectivity index (χ3v) is 8.43. The normalized spacial score (nSPS) is 13.4. The number of carboxylic acids is 1. The molecule has 0 amide bonds. The molecular formula is C30H35F3N2O5S. The molecule has 0 aliphatic heterocycles. The van der Waals surface area contributed by atoms with Crippen molar-refractivity contribution in [2.45, 2.75) is 55.8 Å². The Kier molecular flexibility index (Phi) is 10.4. The average Bonchev–Trinajstić information content (AvgIpc) is 2.90. The molecule has 0 saturated carbocycles. The van der Waals surface area contributed by atoms with Crippen LogP contribution in [0.3, 0.4) is 0 Å². The van der Waals surface area contributed by atoms with Crippen LogP contribution in [0, 0.1) is 0 Å². The monoisotopic (exact) mass is 592 g/mol. The van der Waals surface area contributed by atoms with Gasteiger partial charge in [0.1, 0.15) is 0 Å². The summed E-state index contributed by atoms with van der Waals surface area (Å²) in [5.74, 6) is -0.900. The molecule has 0 saturated heterocycles. The van der Waals surface area contributed by atoms with Crippen molar-refractivity contribution in [1.29, 1.82) is 0 Å². The first-order valence-electron chi connectivity index (χ1n) is 13.0. The Bertz CT molecular complexity index is 1460. The molecule has 3 N–H and O–H groups in total. The summed E-state index contributed by atoms with van der Waals surface area (Å²) in [7, 11) is -2.59. The number of carbonyl (C=O) groups is 1. The molecule has 0 spiro atoms. The van der Waals surface area contributed by atoms with E-state index in [-0.39, 0.29) is 30.8 Å². The summed E-state index contributed by atoms with van der Waals surface area (Å²) in [6.45, 7) is 3.41. The third-order valence-electron chi connectivity index (χ3n) is 6.61. The summed E-state index contributed by atoms with van der Waals surface area (Å²) < 4.78 is 66.8. The summed E-state index contributed by atoms with van der Waals surface area (Å²) in [4.78, 5) is 10.9. The van der Waals surface area contributed by atoms with E-state index >= 15 is 0 Å². The maximum atomic E-state index is 13.3. The Morgan fingerprint density at radius 2 is 1.56 bits per heavy atom. The van der Waals surface area contributed by atoms with Crippen LogP contribution in [0.5, 0.6) is 0 Å². The number of halogens is 3. The van der Waals surface area contributed by atoms with Crippen molar-refractivity contribution in [3.63, 3.8) is 0 Å². The van der Waals surface area contributed by atoms with Gasteiger partial charge in [-0.25, -0.2) is 8.42 Å². The van der Waals surface area contributed by atoms with Gasteiger partial charge in [-0.3, -0.25) is 4.79 Å². The lowest BCUT2D eigenvalue weighted by molar-refractivity contribution is -0.138. The summed E-state index contributed by atoms with van der Waals surface area (Å²) >= 11 is 0. The molecule has 1 atom stereocenters. The van der Waals surface area contributed by atoms with Crippen molar-refractivity contribution in [3.8, 4) is 11.1 Å². The van der Waals surface area contributed by atoms with Crippen LogP contribution in [0.15, 0.2) is 77.7 Å². The summed E-state index contributed by atoms with van der Waals surface area (Å²) in [5.41, 5.74) is 1.30. The molecule has 0 radical (unpaired) electrons. The molecule has 3 aromatic carbocycles. The number of aliphatic carboxylic acids is 1. The number of nitrogens with zero attached hydrogens (tertiary/aromatic N) is 1. The van der Waals surface area contributed by atoms with Crippen LogP contribution >= 0.6 is 0 Å². The van der Waals surface area contributed by atoms with Crippen LogP contribution < -0.4 is 5.32 Å². The molecule has 0 fully saturated rings. The molecule has 11 heteroatoms. The number of hydrogen-bond donors (Lipinski definition) is 3. The number of benzene rings is 3. The zero-order chi connectivity index (χ0) is 30.4. The Balaban J connectivity index is 1.63. The Morgan fingerprint density at radius 1 is 0.951 bits per heavy atom. The van der Waals surface area contributed by atoms with E-state index in [1.54, 1.807) is 38.1 Å². The van der Waals surface area contributed by atoms with Gasteiger partial charge in [-0.2, -0.15) is 17.5 Å². The van der Waals surface area contributed by atoms with Crippen LogP contribution in [0.2, 0.25) is 0 Å². The first-order valence-corrected chi connectivity index (χ1v) is 14.5. The van der Waals surface area contributed by atoms with E-state index in [1.807, 2.05) is 18.2 Å². The highest BCUT2D eigenvalue weighted by Gasteiger charge is 2.31. The number of rotatable bonds is 13. The topological polar surface area (TPSA) is 107 Å². The van der Waals surface area contributed by atoms with Crippen molar-refractivity contribution >= 4 is 16.0 Å². The fourth-order valence-corrected chi connectivity index (χ4v) is 5.71. The minimum absolute atomic E-state index is 0.0116. The Morgan fingerprint density at radius 3 is 2.22 bits per heavy atom. The molecule has 0 heterocycles. The quantitative estimate of drug-likeness (QED) is 0.259. The van der Waals surface area contributed by atoms with E-state index in [4.69, 9.17) is 5.11 Å². The minimum atomic E-state index is -4.44. The highest BCUT2D eigenvalue weighted by atomic mass is 32.2. The van der Waals surface area contributed by atoms with E-state index in [9.17, 15) is 31.5 Å². The lowest BCUT2D eigenvalue weighted by atomic mass is 9.93. The lowest BCUT2D eigenvalue weighted by Gasteiger charge is -2.29. The first kappa shape index (κ1) is 32.3. The van der Waals surface area contributed by atoms with Gasteiger partial charge >= 0.3 is 12.1 Å². The smallest absolute Gasteiger partial charge is 0.416 e. The van der Waals surface area contributed by atoms with Crippen LogP contribution in [0.4, 0.5) is 13.2 Å². The zero-order valence-corrected chi connectivity index (χ0v) is 24.0. The molecule has 3 aromatic rings. The lowest BCUT2D eigenvalue weighted by Crippen LogP contribution is -2.47. The van der Waals surface area contributed by atoms with E-state index in [0.29, 0.717) is 17.5 Å². The van der Waals surface area contributed by atoms with Crippen molar-refractivity contribution in [1.82, 2.24) is 9.62 Å². The number of alkyl halides is 3. The predicted octanol–water partition coefficient (Wildman–Crippen LogP) is 4.98. The van der Waals surface area contributed by atoms with Gasteiger partial charge in [-0.1, -0.05) is 54.6 Å². The minimum Gasteiger partial charge on any atom is -0.481 e. The molecule has 41 heavy (non-hydrogen) atoms. The maximum absolute atomic E-state index is 13.3. The molecule has 7 nitrogen and oxygen atoms in total. The number of aliphatic hydroxyl groups is 1. The number of β-amino-alcohol motifs (C(OH)–C–C–N with tert-alkyl or cyclic N) is 1. The van der Waals surface area contributed by atoms with Gasteiger partial charge in [0.05, 0.1) is 16.6 Å². The molecule has 0 aliphatic carbocycles. The second-order valence-corrected chi connectivity index (χ2v) is 12.7. The summed E-state index contributed by atoms with van der Waals surface area (Å²) in [6.07, 6.45) is -4.91. The first-order chi connectivity index (χ1) is 19.1. The molecule has 222 valence electrons. The van der Waals surface area contributed by atoms with E-state index in [0.717, 1.165) is 27.6 Å². The highest BCUT2D eigenvalue weighted by molar-refractivity contribution is 7.89. The summed E-state index contributed by atoms with van der Waals surface area (Å²) in [6, 6.07) is 18.7. The number of aliphatic hydroxyl groups excluding tert-OH is 1. The van der Waals surface area contributed by atoms with Crippen molar-refractivity contribution in [3.05, 3.63) is 89.5 Å². The van der Waals surface area contributed by atoms with Crippen LogP contribution in [0.25, 0.3) is 11.1 Å². The molecule has 0 bridgehead atoms. The van der Waals surface area contributed by atoms with Crippen molar-refractivity contribution < 1.29 is 36.6 Å². The number of nitrogens with one attached hydrogen (secondary N) is 1. The third kappa shape index (κ3) is 9.39. The van der Waals surface area contributed by atoms with E-state index in [2.05, 4.69) is 5.32 Å². The van der Waals surface area contributed by atoms with Crippen molar-refractivity contribution in [2.75, 3.05) is 20.1 Å². The summed E-state index contributed by atoms with van der Waals surface area (Å²) in [5, 5.41) is 22.7. The average molecular weight is 593 g/mol. The SMILES string of the molecule is CN(CC(O)CNC(C)(C)Cc1cccc(C(F)(F)F)c1)S(=O)(=O)c1cccc(-c2cccc(CCC(=O)O)c2)c1. The number of sulfonamides is 1. The number of likely N-dealkylation sites (N-methyl/N-ethyl adjacent to an activating group) is 1. The van der Waals surface area contributed by atoms with Gasteiger partial charge in [-0.05, 0) is 67.1 Å². The maximum Gasteiger partial charge on any atom is 0.416 e. The van der Waals surface area contributed by atoms with E-state index < -0.39 is 39.4 Å². The number of carboxylic acid groups (broad SMARTS) is 1. The Hall–Kier alpha value is -3.25. The van der Waals surface area contributed by atoms with Gasteiger partial charge in [0.25, 0.3) is 0 Å². The Labute approximate surface area is 238 Å². The highest BCUT2D eigenvalue weighted by Crippen LogP contribution is 2.30. The predicted molar refractivity (Wildman–Crippen MR) is 151 cm³/mol. The van der Waals surface area contributed by atoms with Crippen LogP contribution in [-0.4, -0.2) is 60.7 Å². The van der Waals surface area contributed by atoms with Gasteiger partial charge in [-0.15, -0.1) is 0 Å². The standard InChI is InChI=1S/C30H35F3N2O5S/c1-29(2,18-22-8-5-11-25(16-22)30(31,32)33)34-19-26(36)20-35(3)41(39,40)27-12-6-10-24(17-27)23-9-4-7-21(15-23)13-14-28(37)38/h4-12,15-17,26,34,36H,13-14,18-20H2,1-3H3,(H,37,38). The second-order valence-electron chi connectivity index (χ2n) is 10.7. The van der Waals surface area contributed by atoms with Gasteiger partial charge in [0.2, 0.25) is 10.0 Å². The van der Waals surface area contributed by atoms with Gasteiger partial charge in [0, 0.05) is 32.1 Å². The van der Waals surface area contributed by atoms with E-state index in [1.165, 1.54) is 25.2 Å². The molecular weight excluding hydrogens is 557 g/mol. The molecule has 3 rings (SSSR count). The second kappa shape index (κ2) is 13.2. The number of hydrogen-bond acceptors (Lipinski definition) is 5. The van der Waals surface area contributed by atoms with Gasteiger partial charge in [0.15, 0.2) is 0 Å². The number of aryl methyl sites for hydroxylation is 1.